The maximum Gasteiger partial charge on any atom is 0.257 e. The molecule has 3 rings (SSSR count). The highest BCUT2D eigenvalue weighted by Gasteiger charge is 2.37. The van der Waals surface area contributed by atoms with Crippen LogP contribution in [-0.4, -0.2) is 46.3 Å². The number of carbonyl (C=O) groups is 1. The minimum absolute atomic E-state index is 0.0949. The molecule has 3 atom stereocenters. The van der Waals surface area contributed by atoms with Gasteiger partial charge in [-0.2, -0.15) is 0 Å². The van der Waals surface area contributed by atoms with Crippen molar-refractivity contribution >= 4 is 5.91 Å². The largest absolute Gasteiger partial charge is 0.465 e. The van der Waals surface area contributed by atoms with Crippen molar-refractivity contribution in [2.24, 2.45) is 0 Å². The summed E-state index contributed by atoms with van der Waals surface area (Å²) in [5, 5.41) is 20.0. The number of hydrogen-bond acceptors (Lipinski definition) is 4. The fraction of sp³-hybridized carbons (Fsp3) is 0.706. The van der Waals surface area contributed by atoms with E-state index in [1.165, 1.54) is 0 Å². The number of fused-ring (bicyclic) bond motifs is 1. The van der Waals surface area contributed by atoms with Crippen molar-refractivity contribution in [2.45, 2.75) is 70.1 Å². The van der Waals surface area contributed by atoms with E-state index in [0.29, 0.717) is 17.7 Å². The number of aliphatic hydroxyl groups excluding tert-OH is 2. The molecule has 2 aliphatic carbocycles. The molecule has 1 amide bonds. The van der Waals surface area contributed by atoms with E-state index in [4.69, 9.17) is 4.42 Å². The van der Waals surface area contributed by atoms with Gasteiger partial charge in [-0.15, -0.1) is 0 Å². The number of furan rings is 1. The highest BCUT2D eigenvalue weighted by Crippen LogP contribution is 2.32. The molecule has 1 aromatic heterocycles. The number of aliphatic hydroxyl groups is 2. The van der Waals surface area contributed by atoms with Crippen LogP contribution in [0.25, 0.3) is 0 Å². The molecule has 2 aliphatic rings. The van der Waals surface area contributed by atoms with Crippen LogP contribution in [0.5, 0.6) is 0 Å². The zero-order chi connectivity index (χ0) is 15.9. The first-order valence-electron chi connectivity index (χ1n) is 8.25. The third-order valence-corrected chi connectivity index (χ3v) is 5.17. The second-order valence-corrected chi connectivity index (χ2v) is 6.61. The summed E-state index contributed by atoms with van der Waals surface area (Å²) >= 11 is 0. The summed E-state index contributed by atoms with van der Waals surface area (Å²) in [5.41, 5.74) is 1.72. The summed E-state index contributed by atoms with van der Waals surface area (Å²) in [5.74, 6) is 1.53. The first-order chi connectivity index (χ1) is 10.5. The van der Waals surface area contributed by atoms with Gasteiger partial charge < -0.3 is 19.5 Å². The van der Waals surface area contributed by atoms with E-state index in [2.05, 4.69) is 0 Å². The predicted molar refractivity (Wildman–Crippen MR) is 81.8 cm³/mol. The van der Waals surface area contributed by atoms with Gasteiger partial charge >= 0.3 is 0 Å². The Labute approximate surface area is 130 Å². The second-order valence-electron chi connectivity index (χ2n) is 6.61. The number of nitrogens with zero attached hydrogens (tertiary/aromatic N) is 1. The average Bonchev–Trinajstić information content (AvgIpc) is 2.84. The minimum Gasteiger partial charge on any atom is -0.465 e. The third-order valence-electron chi connectivity index (χ3n) is 5.17. The number of carbonyl (C=O) groups excluding carboxylic acids is 1. The predicted octanol–water partition coefficient (Wildman–Crippen LogP) is 1.81. The Hall–Kier alpha value is -1.33. The average molecular weight is 307 g/mol. The van der Waals surface area contributed by atoms with Crippen LogP contribution < -0.4 is 0 Å². The van der Waals surface area contributed by atoms with Crippen LogP contribution in [0.2, 0.25) is 0 Å². The maximum absolute atomic E-state index is 12.9. The molecule has 0 aliphatic heterocycles. The van der Waals surface area contributed by atoms with Crippen LogP contribution in [-0.2, 0) is 12.8 Å². The molecular formula is C17H25NO4. The van der Waals surface area contributed by atoms with Crippen molar-refractivity contribution in [2.75, 3.05) is 7.05 Å². The van der Waals surface area contributed by atoms with E-state index in [1.54, 1.807) is 11.9 Å². The van der Waals surface area contributed by atoms with Gasteiger partial charge in [-0.3, -0.25) is 4.79 Å². The van der Waals surface area contributed by atoms with Gasteiger partial charge in [0.05, 0.1) is 17.7 Å². The Morgan fingerprint density at radius 2 is 1.91 bits per heavy atom. The van der Waals surface area contributed by atoms with Crippen molar-refractivity contribution < 1.29 is 19.4 Å². The molecule has 1 heterocycles. The Morgan fingerprint density at radius 1 is 1.18 bits per heavy atom. The lowest BCUT2D eigenvalue weighted by atomic mass is 9.88. The molecule has 1 saturated carbocycles. The summed E-state index contributed by atoms with van der Waals surface area (Å²) < 4.78 is 5.78. The molecule has 0 bridgehead atoms. The molecule has 5 heteroatoms. The molecule has 0 aromatic carbocycles. The molecule has 0 unspecified atom stereocenters. The van der Waals surface area contributed by atoms with E-state index in [-0.39, 0.29) is 11.9 Å². The number of aryl methyl sites for hydroxylation is 2. The lowest BCUT2D eigenvalue weighted by Gasteiger charge is -2.37. The monoisotopic (exact) mass is 307 g/mol. The van der Waals surface area contributed by atoms with Crippen molar-refractivity contribution in [3.05, 3.63) is 22.6 Å². The molecule has 0 spiro atoms. The normalized spacial score (nSPS) is 28.3. The Bertz CT molecular complexity index is 565. The SMILES string of the molecule is Cc1oc2c(c1C(=O)N(C)[C@@H]1CCC[C@@H](O)[C@@H]1O)CCCC2. The van der Waals surface area contributed by atoms with Crippen LogP contribution in [0.1, 0.15) is 59.5 Å². The van der Waals surface area contributed by atoms with Gasteiger partial charge in [-0.25, -0.2) is 0 Å². The van der Waals surface area contributed by atoms with Gasteiger partial charge in [0.2, 0.25) is 0 Å². The highest BCUT2D eigenvalue weighted by atomic mass is 16.3. The smallest absolute Gasteiger partial charge is 0.257 e. The second kappa shape index (κ2) is 6.05. The van der Waals surface area contributed by atoms with Gasteiger partial charge in [-0.05, 0) is 45.4 Å². The molecule has 0 radical (unpaired) electrons. The van der Waals surface area contributed by atoms with Crippen LogP contribution in [0, 0.1) is 6.92 Å². The first kappa shape index (κ1) is 15.6. The quantitative estimate of drug-likeness (QED) is 0.874. The van der Waals surface area contributed by atoms with Crippen molar-refractivity contribution in [1.29, 1.82) is 0 Å². The Kier molecular flexibility index (Phi) is 4.28. The minimum atomic E-state index is -0.870. The zero-order valence-corrected chi connectivity index (χ0v) is 13.3. The molecule has 5 nitrogen and oxygen atoms in total. The van der Waals surface area contributed by atoms with E-state index >= 15 is 0 Å². The van der Waals surface area contributed by atoms with E-state index in [1.807, 2.05) is 6.92 Å². The standard InChI is InChI=1S/C17H25NO4/c1-10-15(11-6-3-4-9-14(11)22-10)17(21)18(2)12-7-5-8-13(19)16(12)20/h12-13,16,19-20H,3-9H2,1-2H3/t12-,13-,16-/m1/s1. The van der Waals surface area contributed by atoms with Crippen LogP contribution in [0.4, 0.5) is 0 Å². The summed E-state index contributed by atoms with van der Waals surface area (Å²) in [6.07, 6.45) is 4.51. The molecule has 0 saturated heterocycles. The van der Waals surface area contributed by atoms with E-state index in [9.17, 15) is 15.0 Å². The van der Waals surface area contributed by atoms with Gasteiger partial charge in [0, 0.05) is 19.0 Å². The maximum atomic E-state index is 12.9. The molecule has 122 valence electrons. The summed E-state index contributed by atoms with van der Waals surface area (Å²) in [6, 6.07) is -0.329. The lowest BCUT2D eigenvalue weighted by Crippen LogP contribution is -2.51. The molecule has 1 aromatic rings. The van der Waals surface area contributed by atoms with Crippen LogP contribution >= 0.6 is 0 Å². The lowest BCUT2D eigenvalue weighted by molar-refractivity contribution is -0.0526. The number of hydrogen-bond donors (Lipinski definition) is 2. The molecule has 2 N–H and O–H groups in total. The van der Waals surface area contributed by atoms with Crippen LogP contribution in [0.3, 0.4) is 0 Å². The first-order valence-corrected chi connectivity index (χ1v) is 8.25. The number of likely N-dealkylation sites (N-methyl/N-ethyl adjacent to an activating group) is 1. The Morgan fingerprint density at radius 3 is 2.68 bits per heavy atom. The van der Waals surface area contributed by atoms with Crippen molar-refractivity contribution in [1.82, 2.24) is 4.90 Å². The fourth-order valence-corrected chi connectivity index (χ4v) is 3.87. The number of amides is 1. The molecular weight excluding hydrogens is 282 g/mol. The third kappa shape index (κ3) is 2.57. The van der Waals surface area contributed by atoms with Gasteiger partial charge in [0.1, 0.15) is 17.6 Å². The van der Waals surface area contributed by atoms with E-state index in [0.717, 1.165) is 49.8 Å². The molecule has 22 heavy (non-hydrogen) atoms. The van der Waals surface area contributed by atoms with Crippen molar-refractivity contribution in [3.63, 3.8) is 0 Å². The summed E-state index contributed by atoms with van der Waals surface area (Å²) in [4.78, 5) is 14.5. The summed E-state index contributed by atoms with van der Waals surface area (Å²) in [6.45, 7) is 1.84. The Balaban J connectivity index is 1.86. The van der Waals surface area contributed by atoms with Gasteiger partial charge in [-0.1, -0.05) is 0 Å². The fourth-order valence-electron chi connectivity index (χ4n) is 3.87. The van der Waals surface area contributed by atoms with Crippen LogP contribution in [0.15, 0.2) is 4.42 Å². The van der Waals surface area contributed by atoms with Gasteiger partial charge in [0.15, 0.2) is 0 Å². The molecule has 1 fully saturated rings. The highest BCUT2D eigenvalue weighted by molar-refractivity contribution is 5.97. The topological polar surface area (TPSA) is 73.9 Å². The summed E-state index contributed by atoms with van der Waals surface area (Å²) in [7, 11) is 1.72. The van der Waals surface area contributed by atoms with E-state index < -0.39 is 12.2 Å². The number of rotatable bonds is 2. The van der Waals surface area contributed by atoms with Gasteiger partial charge in [0.25, 0.3) is 5.91 Å². The zero-order valence-electron chi connectivity index (χ0n) is 13.3. The van der Waals surface area contributed by atoms with Crippen molar-refractivity contribution in [3.8, 4) is 0 Å².